The molecule has 0 radical (unpaired) electrons. The van der Waals surface area contributed by atoms with Crippen LogP contribution in [0.25, 0.3) is 0 Å². The van der Waals surface area contributed by atoms with Gasteiger partial charge in [0, 0.05) is 13.6 Å². The largest absolute Gasteiger partial charge is 0.329 e. The normalized spacial score (nSPS) is 15.9. The minimum atomic E-state index is -0.0554. The van der Waals surface area contributed by atoms with Crippen LogP contribution in [-0.2, 0) is 4.79 Å². The Morgan fingerprint density at radius 3 is 2.65 bits per heavy atom. The molecule has 1 heterocycles. The molecule has 0 bridgehead atoms. The predicted octanol–water partition coefficient (Wildman–Crippen LogP) is 1.52. The smallest absolute Gasteiger partial charge is 0.256 e. The SMILES string of the molecule is CCCN1CC(=O)N(C)c2ccccc2C1=O. The summed E-state index contributed by atoms with van der Waals surface area (Å²) < 4.78 is 0. The van der Waals surface area contributed by atoms with Crippen molar-refractivity contribution < 1.29 is 9.59 Å². The molecule has 0 unspecified atom stereocenters. The maximum absolute atomic E-state index is 12.3. The Labute approximate surface area is 101 Å². The lowest BCUT2D eigenvalue weighted by atomic mass is 10.1. The fourth-order valence-electron chi connectivity index (χ4n) is 2.04. The molecule has 1 aromatic rings. The van der Waals surface area contributed by atoms with Crippen molar-refractivity contribution in [1.29, 1.82) is 0 Å². The van der Waals surface area contributed by atoms with Crippen LogP contribution in [-0.4, -0.2) is 36.9 Å². The molecule has 2 amide bonds. The summed E-state index contributed by atoms with van der Waals surface area (Å²) in [5.41, 5.74) is 1.30. The van der Waals surface area contributed by atoms with Crippen LogP contribution in [0.15, 0.2) is 24.3 Å². The third-order valence-electron chi connectivity index (χ3n) is 2.98. The van der Waals surface area contributed by atoms with Crippen LogP contribution in [0.2, 0.25) is 0 Å². The fourth-order valence-corrected chi connectivity index (χ4v) is 2.04. The molecule has 0 saturated carbocycles. The Morgan fingerprint density at radius 1 is 1.24 bits per heavy atom. The topological polar surface area (TPSA) is 40.6 Å². The standard InChI is InChI=1S/C13H16N2O2/c1-3-8-15-9-12(16)14(2)11-7-5-4-6-10(11)13(15)17/h4-7H,3,8-9H2,1-2H3. The van der Waals surface area contributed by atoms with E-state index < -0.39 is 0 Å². The van der Waals surface area contributed by atoms with Crippen LogP contribution in [0, 0.1) is 0 Å². The maximum Gasteiger partial charge on any atom is 0.256 e. The van der Waals surface area contributed by atoms with Gasteiger partial charge in [0.1, 0.15) is 6.54 Å². The Hall–Kier alpha value is -1.84. The number of benzene rings is 1. The van der Waals surface area contributed by atoms with E-state index in [1.54, 1.807) is 29.0 Å². The third kappa shape index (κ3) is 2.02. The third-order valence-corrected chi connectivity index (χ3v) is 2.98. The molecule has 1 aliphatic heterocycles. The van der Waals surface area contributed by atoms with Crippen molar-refractivity contribution in [2.24, 2.45) is 0 Å². The molecule has 4 nitrogen and oxygen atoms in total. The van der Waals surface area contributed by atoms with Crippen molar-refractivity contribution >= 4 is 17.5 Å². The highest BCUT2D eigenvalue weighted by molar-refractivity contribution is 6.09. The summed E-state index contributed by atoms with van der Waals surface area (Å²) in [6.07, 6.45) is 0.852. The van der Waals surface area contributed by atoms with Gasteiger partial charge in [-0.3, -0.25) is 9.59 Å². The Kier molecular flexibility index (Phi) is 3.13. The highest BCUT2D eigenvalue weighted by Gasteiger charge is 2.28. The number of rotatable bonds is 2. The fraction of sp³-hybridized carbons (Fsp3) is 0.385. The van der Waals surface area contributed by atoms with Gasteiger partial charge in [0.2, 0.25) is 5.91 Å². The molecular weight excluding hydrogens is 216 g/mol. The number of amides is 2. The molecule has 1 aromatic carbocycles. The molecule has 4 heteroatoms. The minimum Gasteiger partial charge on any atom is -0.329 e. The number of carbonyl (C=O) groups excluding carboxylic acids is 2. The zero-order valence-electron chi connectivity index (χ0n) is 10.1. The summed E-state index contributed by atoms with van der Waals surface area (Å²) in [6.45, 7) is 2.78. The molecule has 17 heavy (non-hydrogen) atoms. The molecule has 0 saturated heterocycles. The van der Waals surface area contributed by atoms with E-state index in [1.165, 1.54) is 0 Å². The lowest BCUT2D eigenvalue weighted by Crippen LogP contribution is -2.38. The van der Waals surface area contributed by atoms with Crippen LogP contribution in [0.1, 0.15) is 23.7 Å². The van der Waals surface area contributed by atoms with Gasteiger partial charge in [-0.05, 0) is 18.6 Å². The molecule has 0 aliphatic carbocycles. The van der Waals surface area contributed by atoms with Crippen molar-refractivity contribution in [3.8, 4) is 0 Å². The summed E-state index contributed by atoms with van der Waals surface area (Å²) in [5.74, 6) is -0.100. The Bertz CT molecular complexity index is 456. The van der Waals surface area contributed by atoms with Crippen molar-refractivity contribution in [1.82, 2.24) is 4.90 Å². The number of likely N-dealkylation sites (N-methyl/N-ethyl adjacent to an activating group) is 1. The quantitative estimate of drug-likeness (QED) is 0.775. The summed E-state index contributed by atoms with van der Waals surface area (Å²) >= 11 is 0. The first-order chi connectivity index (χ1) is 8.15. The number of fused-ring (bicyclic) bond motifs is 1. The second-order valence-electron chi connectivity index (χ2n) is 4.20. The highest BCUT2D eigenvalue weighted by Crippen LogP contribution is 2.24. The minimum absolute atomic E-state index is 0.0447. The van der Waals surface area contributed by atoms with E-state index in [0.717, 1.165) is 6.42 Å². The van der Waals surface area contributed by atoms with Crippen molar-refractivity contribution in [3.63, 3.8) is 0 Å². The molecule has 90 valence electrons. The molecule has 1 aliphatic rings. The molecule has 0 spiro atoms. The molecule has 0 atom stereocenters. The monoisotopic (exact) mass is 232 g/mol. The number of hydrogen-bond donors (Lipinski definition) is 0. The second kappa shape index (κ2) is 4.57. The van der Waals surface area contributed by atoms with Gasteiger partial charge in [-0.15, -0.1) is 0 Å². The lowest BCUT2D eigenvalue weighted by molar-refractivity contribution is -0.118. The summed E-state index contributed by atoms with van der Waals surface area (Å²) in [5, 5.41) is 0. The number of para-hydroxylation sites is 1. The lowest BCUT2D eigenvalue weighted by Gasteiger charge is -2.18. The van der Waals surface area contributed by atoms with E-state index >= 15 is 0 Å². The van der Waals surface area contributed by atoms with Gasteiger partial charge in [-0.2, -0.15) is 0 Å². The molecule has 0 N–H and O–H groups in total. The van der Waals surface area contributed by atoms with Gasteiger partial charge < -0.3 is 9.80 Å². The first-order valence-corrected chi connectivity index (χ1v) is 5.80. The van der Waals surface area contributed by atoms with E-state index in [1.807, 2.05) is 19.1 Å². The average molecular weight is 232 g/mol. The van der Waals surface area contributed by atoms with Gasteiger partial charge in [-0.25, -0.2) is 0 Å². The number of carbonyl (C=O) groups is 2. The van der Waals surface area contributed by atoms with Crippen LogP contribution < -0.4 is 4.90 Å². The van der Waals surface area contributed by atoms with Crippen LogP contribution in [0.3, 0.4) is 0 Å². The zero-order chi connectivity index (χ0) is 12.4. The van der Waals surface area contributed by atoms with Crippen LogP contribution in [0.4, 0.5) is 5.69 Å². The van der Waals surface area contributed by atoms with Crippen molar-refractivity contribution in [2.75, 3.05) is 25.0 Å². The van der Waals surface area contributed by atoms with E-state index in [9.17, 15) is 9.59 Å². The first-order valence-electron chi connectivity index (χ1n) is 5.80. The maximum atomic E-state index is 12.3. The van der Waals surface area contributed by atoms with E-state index in [4.69, 9.17) is 0 Å². The summed E-state index contributed by atoms with van der Waals surface area (Å²) in [6, 6.07) is 7.24. The Balaban J connectivity index is 2.47. The molecular formula is C13H16N2O2. The molecule has 0 aromatic heterocycles. The number of nitrogens with zero attached hydrogens (tertiary/aromatic N) is 2. The second-order valence-corrected chi connectivity index (χ2v) is 4.20. The highest BCUT2D eigenvalue weighted by atomic mass is 16.2. The zero-order valence-corrected chi connectivity index (χ0v) is 10.1. The number of hydrogen-bond acceptors (Lipinski definition) is 2. The van der Waals surface area contributed by atoms with Crippen LogP contribution in [0.5, 0.6) is 0 Å². The van der Waals surface area contributed by atoms with Gasteiger partial charge in [0.05, 0.1) is 11.3 Å². The van der Waals surface area contributed by atoms with E-state index in [0.29, 0.717) is 17.8 Å². The predicted molar refractivity (Wildman–Crippen MR) is 66.0 cm³/mol. The van der Waals surface area contributed by atoms with Gasteiger partial charge in [0.15, 0.2) is 0 Å². The summed E-state index contributed by atoms with van der Waals surface area (Å²) in [4.78, 5) is 27.4. The number of anilines is 1. The van der Waals surface area contributed by atoms with Gasteiger partial charge in [-0.1, -0.05) is 19.1 Å². The molecule has 2 rings (SSSR count). The first kappa shape index (κ1) is 11.6. The average Bonchev–Trinajstić information content (AvgIpc) is 2.43. The van der Waals surface area contributed by atoms with E-state index in [-0.39, 0.29) is 18.4 Å². The van der Waals surface area contributed by atoms with Gasteiger partial charge in [0.25, 0.3) is 5.91 Å². The Morgan fingerprint density at radius 2 is 1.94 bits per heavy atom. The summed E-state index contributed by atoms with van der Waals surface area (Å²) in [7, 11) is 1.71. The van der Waals surface area contributed by atoms with Crippen molar-refractivity contribution in [2.45, 2.75) is 13.3 Å². The van der Waals surface area contributed by atoms with Gasteiger partial charge >= 0.3 is 0 Å². The van der Waals surface area contributed by atoms with Crippen molar-refractivity contribution in [3.05, 3.63) is 29.8 Å². The van der Waals surface area contributed by atoms with Crippen LogP contribution >= 0.6 is 0 Å². The van der Waals surface area contributed by atoms with E-state index in [2.05, 4.69) is 0 Å². The molecule has 0 fully saturated rings.